The lowest BCUT2D eigenvalue weighted by molar-refractivity contribution is -0.149. The van der Waals surface area contributed by atoms with Gasteiger partial charge in [0.05, 0.1) is 23.0 Å². The number of esters is 1. The molecule has 176 valence electrons. The summed E-state index contributed by atoms with van der Waals surface area (Å²) in [6, 6.07) is 22.9. The van der Waals surface area contributed by atoms with E-state index >= 15 is 0 Å². The summed E-state index contributed by atoms with van der Waals surface area (Å²) in [5, 5.41) is 4.29. The number of hydrogen-bond acceptors (Lipinski definition) is 6. The number of hydrogen-bond donors (Lipinski definition) is 0. The molecule has 0 radical (unpaired) electrons. The highest BCUT2D eigenvalue weighted by molar-refractivity contribution is 7.14. The molecule has 8 heteroatoms. The largest absolute Gasteiger partial charge is 0.459 e. The first kappa shape index (κ1) is 22.7. The number of carbonyl (C=O) groups is 3. The van der Waals surface area contributed by atoms with Gasteiger partial charge in [0.1, 0.15) is 6.61 Å². The number of benzene rings is 3. The van der Waals surface area contributed by atoms with Gasteiger partial charge in [0.2, 0.25) is 11.8 Å². The minimum atomic E-state index is -0.544. The van der Waals surface area contributed by atoms with Gasteiger partial charge in [-0.2, -0.15) is 0 Å². The Balaban J connectivity index is 1.25. The number of ether oxygens (including phenoxy) is 1. The molecule has 2 heterocycles. The van der Waals surface area contributed by atoms with Crippen molar-refractivity contribution in [3.8, 4) is 0 Å². The zero-order chi connectivity index (χ0) is 24.4. The summed E-state index contributed by atoms with van der Waals surface area (Å²) in [6.07, 6.45) is 0.108. The van der Waals surface area contributed by atoms with Gasteiger partial charge >= 0.3 is 5.97 Å². The summed E-state index contributed by atoms with van der Waals surface area (Å²) >= 11 is 1.30. The zero-order valence-electron chi connectivity index (χ0n) is 19.1. The fourth-order valence-electron chi connectivity index (χ4n) is 4.27. The van der Waals surface area contributed by atoms with E-state index in [4.69, 9.17) is 4.74 Å². The molecule has 1 atom stereocenters. The third-order valence-electron chi connectivity index (χ3n) is 5.94. The molecule has 7 nitrogen and oxygen atoms in total. The van der Waals surface area contributed by atoms with Gasteiger partial charge in [-0.15, -0.1) is 11.3 Å². The smallest absolute Gasteiger partial charge is 0.311 e. The van der Waals surface area contributed by atoms with E-state index in [1.165, 1.54) is 23.2 Å². The maximum absolute atomic E-state index is 12.8. The van der Waals surface area contributed by atoms with E-state index in [2.05, 4.69) is 4.98 Å². The van der Waals surface area contributed by atoms with Gasteiger partial charge in [0.25, 0.3) is 0 Å². The lowest BCUT2D eigenvalue weighted by Gasteiger charge is -2.19. The molecule has 1 aliphatic rings. The molecule has 0 spiro atoms. The van der Waals surface area contributed by atoms with Crippen molar-refractivity contribution < 1.29 is 19.1 Å². The van der Waals surface area contributed by atoms with Crippen LogP contribution in [0.15, 0.2) is 78.2 Å². The second-order valence-corrected chi connectivity index (χ2v) is 9.16. The van der Waals surface area contributed by atoms with Gasteiger partial charge in [-0.3, -0.25) is 19.3 Å². The van der Waals surface area contributed by atoms with Crippen LogP contribution in [-0.4, -0.2) is 29.3 Å². The van der Waals surface area contributed by atoms with Crippen LogP contribution in [0.1, 0.15) is 19.0 Å². The highest BCUT2D eigenvalue weighted by atomic mass is 32.1. The Labute approximate surface area is 206 Å². The number of para-hydroxylation sites is 1. The van der Waals surface area contributed by atoms with Crippen LogP contribution in [0.25, 0.3) is 10.8 Å². The van der Waals surface area contributed by atoms with Crippen molar-refractivity contribution >= 4 is 56.4 Å². The van der Waals surface area contributed by atoms with Crippen molar-refractivity contribution in [3.63, 3.8) is 0 Å². The molecule has 2 amide bonds. The highest BCUT2D eigenvalue weighted by Crippen LogP contribution is 2.33. The van der Waals surface area contributed by atoms with E-state index in [0.29, 0.717) is 10.8 Å². The first-order chi connectivity index (χ1) is 17.0. The normalized spacial score (nSPS) is 15.4. The maximum Gasteiger partial charge on any atom is 0.311 e. The summed E-state index contributed by atoms with van der Waals surface area (Å²) < 4.78 is 5.51. The molecule has 0 saturated carbocycles. The number of amides is 2. The second-order valence-electron chi connectivity index (χ2n) is 8.32. The predicted octanol–water partition coefficient (Wildman–Crippen LogP) is 5.08. The van der Waals surface area contributed by atoms with Gasteiger partial charge in [-0.25, -0.2) is 4.98 Å². The quantitative estimate of drug-likeness (QED) is 0.356. The number of aromatic nitrogens is 1. The SMILES string of the molecule is CC(=O)N(c1ccccc1)c1nc(COC(=O)C2CC(=O)N(c3cccc4ccccc34)C2)cs1. The molecule has 0 N–H and O–H groups in total. The van der Waals surface area contributed by atoms with Crippen molar-refractivity contribution in [1.82, 2.24) is 4.98 Å². The minimum Gasteiger partial charge on any atom is -0.459 e. The summed E-state index contributed by atoms with van der Waals surface area (Å²) in [5.41, 5.74) is 2.07. The van der Waals surface area contributed by atoms with E-state index in [9.17, 15) is 14.4 Å². The number of nitrogens with zero attached hydrogens (tertiary/aromatic N) is 3. The molecule has 1 aromatic heterocycles. The van der Waals surface area contributed by atoms with Crippen molar-refractivity contribution in [2.75, 3.05) is 16.3 Å². The zero-order valence-corrected chi connectivity index (χ0v) is 19.9. The van der Waals surface area contributed by atoms with Crippen LogP contribution in [0, 0.1) is 5.92 Å². The third kappa shape index (κ3) is 4.65. The maximum atomic E-state index is 12.8. The van der Waals surface area contributed by atoms with Crippen LogP contribution < -0.4 is 9.80 Å². The number of rotatable bonds is 6. The minimum absolute atomic E-state index is 0.0190. The second kappa shape index (κ2) is 9.68. The molecule has 1 unspecified atom stereocenters. The Bertz CT molecular complexity index is 1400. The van der Waals surface area contributed by atoms with E-state index in [1.54, 1.807) is 10.3 Å². The van der Waals surface area contributed by atoms with Crippen LogP contribution in [0.5, 0.6) is 0 Å². The Hall–Kier alpha value is -4.04. The summed E-state index contributed by atoms with van der Waals surface area (Å²) in [5.74, 6) is -1.23. The van der Waals surface area contributed by atoms with Crippen molar-refractivity contribution in [1.29, 1.82) is 0 Å². The Kier molecular flexibility index (Phi) is 6.29. The van der Waals surface area contributed by atoms with Gasteiger partial charge < -0.3 is 9.64 Å². The van der Waals surface area contributed by atoms with Gasteiger partial charge in [-0.05, 0) is 23.6 Å². The first-order valence-corrected chi connectivity index (χ1v) is 12.1. The standard InChI is InChI=1S/C27H23N3O4S/c1-18(31)30(22-10-3-2-4-11-22)27-28-21(17-35-27)16-34-26(33)20-14-25(32)29(15-20)24-13-7-9-19-8-5-6-12-23(19)24/h2-13,17,20H,14-16H2,1H3. The number of anilines is 3. The van der Waals surface area contributed by atoms with Crippen LogP contribution >= 0.6 is 11.3 Å². The average molecular weight is 486 g/mol. The monoisotopic (exact) mass is 485 g/mol. The van der Waals surface area contributed by atoms with E-state index in [-0.39, 0.29) is 31.4 Å². The van der Waals surface area contributed by atoms with Crippen LogP contribution in [0.4, 0.5) is 16.5 Å². The Morgan fingerprint density at radius 3 is 2.60 bits per heavy atom. The number of fused-ring (bicyclic) bond motifs is 1. The number of carbonyl (C=O) groups excluding carboxylic acids is 3. The summed E-state index contributed by atoms with van der Waals surface area (Å²) in [6.45, 7) is 1.74. The summed E-state index contributed by atoms with van der Waals surface area (Å²) in [7, 11) is 0. The fraction of sp³-hybridized carbons (Fsp3) is 0.185. The molecule has 1 saturated heterocycles. The predicted molar refractivity (Wildman–Crippen MR) is 136 cm³/mol. The lowest BCUT2D eigenvalue weighted by atomic mass is 10.1. The Morgan fingerprint density at radius 2 is 1.80 bits per heavy atom. The highest BCUT2D eigenvalue weighted by Gasteiger charge is 2.36. The molecule has 0 bridgehead atoms. The third-order valence-corrected chi connectivity index (χ3v) is 6.81. The Morgan fingerprint density at radius 1 is 1.06 bits per heavy atom. The average Bonchev–Trinajstić information content (AvgIpc) is 3.49. The molecule has 1 fully saturated rings. The van der Waals surface area contributed by atoms with E-state index in [1.807, 2.05) is 72.8 Å². The molecular formula is C27H23N3O4S. The van der Waals surface area contributed by atoms with Gasteiger partial charge in [0.15, 0.2) is 5.13 Å². The molecule has 5 rings (SSSR count). The van der Waals surface area contributed by atoms with Crippen LogP contribution in [0.3, 0.4) is 0 Å². The molecule has 1 aliphatic heterocycles. The molecular weight excluding hydrogens is 462 g/mol. The van der Waals surface area contributed by atoms with Crippen LogP contribution in [0.2, 0.25) is 0 Å². The van der Waals surface area contributed by atoms with Crippen molar-refractivity contribution in [3.05, 3.63) is 83.9 Å². The molecule has 0 aliphatic carbocycles. The van der Waals surface area contributed by atoms with Crippen molar-refractivity contribution in [2.45, 2.75) is 20.0 Å². The topological polar surface area (TPSA) is 79.8 Å². The molecule has 4 aromatic rings. The lowest BCUT2D eigenvalue weighted by Crippen LogP contribution is -2.26. The van der Waals surface area contributed by atoms with E-state index < -0.39 is 11.9 Å². The van der Waals surface area contributed by atoms with Gasteiger partial charge in [-0.1, -0.05) is 54.6 Å². The summed E-state index contributed by atoms with van der Waals surface area (Å²) in [4.78, 5) is 45.4. The molecule has 3 aromatic carbocycles. The van der Waals surface area contributed by atoms with Gasteiger partial charge in [0, 0.05) is 30.7 Å². The number of thiazole rings is 1. The van der Waals surface area contributed by atoms with E-state index in [0.717, 1.165) is 22.1 Å². The fourth-order valence-corrected chi connectivity index (χ4v) is 5.15. The first-order valence-electron chi connectivity index (χ1n) is 11.3. The van der Waals surface area contributed by atoms with Crippen molar-refractivity contribution in [2.24, 2.45) is 5.92 Å². The van der Waals surface area contributed by atoms with Crippen LogP contribution in [-0.2, 0) is 25.7 Å². The molecule has 35 heavy (non-hydrogen) atoms.